The van der Waals surface area contributed by atoms with E-state index >= 15 is 0 Å². The van der Waals surface area contributed by atoms with Crippen molar-refractivity contribution in [1.82, 2.24) is 14.5 Å². The first-order valence-corrected chi connectivity index (χ1v) is 10.3. The van der Waals surface area contributed by atoms with Crippen LogP contribution in [0.25, 0.3) is 10.4 Å². The number of pyridine rings is 1. The molecule has 0 spiro atoms. The second-order valence-electron chi connectivity index (χ2n) is 6.52. The van der Waals surface area contributed by atoms with Gasteiger partial charge < -0.3 is 8.75 Å². The van der Waals surface area contributed by atoms with E-state index in [1.165, 1.54) is 4.57 Å². The second kappa shape index (κ2) is 8.76. The molecular weight excluding hydrogens is 392 g/mol. The van der Waals surface area contributed by atoms with E-state index in [-0.39, 0.29) is 29.8 Å². The SMILES string of the molecule is CC(C)c1nc(CN=[N+]=[N-])n(Cc2ccccn2)c1S(=O)(=O)Oc1ccccc1. The molecule has 0 saturated heterocycles. The molecule has 0 fully saturated rings. The number of imidazole rings is 1. The van der Waals surface area contributed by atoms with E-state index in [0.29, 0.717) is 17.2 Å². The first-order valence-electron chi connectivity index (χ1n) is 8.92. The van der Waals surface area contributed by atoms with Crippen LogP contribution in [0.5, 0.6) is 5.75 Å². The lowest BCUT2D eigenvalue weighted by atomic mass is 10.1. The molecule has 0 amide bonds. The molecule has 29 heavy (non-hydrogen) atoms. The van der Waals surface area contributed by atoms with Gasteiger partial charge in [0.15, 0.2) is 5.03 Å². The van der Waals surface area contributed by atoms with E-state index in [0.717, 1.165) is 0 Å². The predicted molar refractivity (Wildman–Crippen MR) is 107 cm³/mol. The third kappa shape index (κ3) is 4.74. The van der Waals surface area contributed by atoms with Gasteiger partial charge in [-0.3, -0.25) is 4.98 Å². The molecule has 0 radical (unpaired) electrons. The average molecular weight is 412 g/mol. The Hall–Kier alpha value is -3.36. The van der Waals surface area contributed by atoms with Gasteiger partial charge in [-0.2, -0.15) is 8.42 Å². The molecule has 0 N–H and O–H groups in total. The van der Waals surface area contributed by atoms with Crippen molar-refractivity contribution in [3.8, 4) is 5.75 Å². The summed E-state index contributed by atoms with van der Waals surface area (Å²) in [7, 11) is -4.21. The summed E-state index contributed by atoms with van der Waals surface area (Å²) >= 11 is 0. The number of aromatic nitrogens is 3. The minimum atomic E-state index is -4.21. The molecule has 2 heterocycles. The maximum Gasteiger partial charge on any atom is 0.357 e. The van der Waals surface area contributed by atoms with E-state index < -0.39 is 10.1 Å². The minimum Gasteiger partial charge on any atom is -0.378 e. The standard InChI is InChI=1S/C19H20N6O3S/c1-14(2)18-19(29(26,27)28-16-9-4-3-5-10-16)25(17(23-18)12-22-24-20)13-15-8-6-7-11-21-15/h3-11,14H,12-13H2,1-2H3. The zero-order valence-corrected chi connectivity index (χ0v) is 16.8. The van der Waals surface area contributed by atoms with Crippen LogP contribution in [0.2, 0.25) is 0 Å². The summed E-state index contributed by atoms with van der Waals surface area (Å²) in [6, 6.07) is 13.6. The van der Waals surface area contributed by atoms with Gasteiger partial charge in [0.2, 0.25) is 0 Å². The molecule has 2 aromatic heterocycles. The van der Waals surface area contributed by atoms with Crippen LogP contribution < -0.4 is 4.18 Å². The lowest BCUT2D eigenvalue weighted by molar-refractivity contribution is 0.470. The summed E-state index contributed by atoms with van der Waals surface area (Å²) in [5.41, 5.74) is 9.70. The van der Waals surface area contributed by atoms with Crippen molar-refractivity contribution in [1.29, 1.82) is 0 Å². The molecule has 1 aromatic carbocycles. The zero-order chi connectivity index (χ0) is 20.9. The smallest absolute Gasteiger partial charge is 0.357 e. The van der Waals surface area contributed by atoms with Gasteiger partial charge in [0.25, 0.3) is 0 Å². The molecular formula is C19H20N6O3S. The molecule has 10 heteroatoms. The van der Waals surface area contributed by atoms with Crippen LogP contribution in [-0.4, -0.2) is 23.0 Å². The van der Waals surface area contributed by atoms with Crippen LogP contribution in [-0.2, 0) is 23.2 Å². The van der Waals surface area contributed by atoms with Gasteiger partial charge in [-0.15, -0.1) is 0 Å². The topological polar surface area (TPSA) is 123 Å². The van der Waals surface area contributed by atoms with Crippen molar-refractivity contribution in [3.05, 3.63) is 82.4 Å². The highest BCUT2D eigenvalue weighted by Gasteiger charge is 2.31. The van der Waals surface area contributed by atoms with Gasteiger partial charge in [-0.05, 0) is 35.7 Å². The molecule has 150 valence electrons. The van der Waals surface area contributed by atoms with Crippen LogP contribution >= 0.6 is 0 Å². The van der Waals surface area contributed by atoms with Crippen LogP contribution in [0, 0.1) is 0 Å². The fourth-order valence-corrected chi connectivity index (χ4v) is 4.24. The molecule has 0 atom stereocenters. The van der Waals surface area contributed by atoms with Gasteiger partial charge in [0.05, 0.1) is 24.5 Å². The first kappa shape index (κ1) is 20.4. The quantitative estimate of drug-likeness (QED) is 0.239. The maximum absolute atomic E-state index is 13.2. The molecule has 3 aromatic rings. The first-order chi connectivity index (χ1) is 13.9. The molecule has 0 unspecified atom stereocenters. The highest BCUT2D eigenvalue weighted by atomic mass is 32.2. The van der Waals surface area contributed by atoms with Gasteiger partial charge >= 0.3 is 10.1 Å². The van der Waals surface area contributed by atoms with Gasteiger partial charge in [-0.25, -0.2) is 4.98 Å². The van der Waals surface area contributed by atoms with Gasteiger partial charge in [0, 0.05) is 11.1 Å². The fraction of sp³-hybridized carbons (Fsp3) is 0.263. The summed E-state index contributed by atoms with van der Waals surface area (Å²) in [5, 5.41) is 3.50. The van der Waals surface area contributed by atoms with E-state index in [4.69, 9.17) is 9.71 Å². The second-order valence-corrected chi connectivity index (χ2v) is 7.98. The molecule has 0 aliphatic carbocycles. The van der Waals surface area contributed by atoms with Gasteiger partial charge in [-0.1, -0.05) is 43.2 Å². The van der Waals surface area contributed by atoms with Crippen molar-refractivity contribution in [3.63, 3.8) is 0 Å². The monoisotopic (exact) mass is 412 g/mol. The number of hydrogen-bond donors (Lipinski definition) is 0. The number of para-hydroxylation sites is 1. The Balaban J connectivity index is 2.16. The Labute approximate surface area is 168 Å². The Bertz CT molecular complexity index is 1120. The highest BCUT2D eigenvalue weighted by Crippen LogP contribution is 2.28. The normalized spacial score (nSPS) is 11.3. The van der Waals surface area contributed by atoms with Crippen LogP contribution in [0.3, 0.4) is 0 Å². The van der Waals surface area contributed by atoms with Crippen molar-refractivity contribution < 1.29 is 12.6 Å². The summed E-state index contributed by atoms with van der Waals surface area (Å²) < 4.78 is 33.3. The summed E-state index contributed by atoms with van der Waals surface area (Å²) in [5.74, 6) is 0.325. The molecule has 9 nitrogen and oxygen atoms in total. The third-order valence-corrected chi connectivity index (χ3v) is 5.39. The molecule has 0 saturated carbocycles. The van der Waals surface area contributed by atoms with E-state index in [2.05, 4.69) is 20.0 Å². The Morgan fingerprint density at radius 1 is 1.17 bits per heavy atom. The van der Waals surface area contributed by atoms with Crippen LogP contribution in [0.1, 0.15) is 37.0 Å². The lowest BCUT2D eigenvalue weighted by Crippen LogP contribution is -2.19. The predicted octanol–water partition coefficient (Wildman–Crippen LogP) is 4.03. The number of nitrogens with zero attached hydrogens (tertiary/aromatic N) is 6. The number of azide groups is 1. The molecule has 0 aliphatic heterocycles. The lowest BCUT2D eigenvalue weighted by Gasteiger charge is -2.14. The van der Waals surface area contributed by atoms with Gasteiger partial charge in [0.1, 0.15) is 11.6 Å². The van der Waals surface area contributed by atoms with E-state index in [9.17, 15) is 8.42 Å². The number of hydrogen-bond acceptors (Lipinski definition) is 6. The Morgan fingerprint density at radius 2 is 1.90 bits per heavy atom. The third-order valence-electron chi connectivity index (χ3n) is 4.08. The van der Waals surface area contributed by atoms with Crippen molar-refractivity contribution in [2.45, 2.75) is 37.9 Å². The molecule has 0 bridgehead atoms. The maximum atomic E-state index is 13.2. The fourth-order valence-electron chi connectivity index (χ4n) is 2.82. The van der Waals surface area contributed by atoms with Crippen molar-refractivity contribution in [2.24, 2.45) is 5.11 Å². The van der Waals surface area contributed by atoms with Crippen molar-refractivity contribution in [2.75, 3.05) is 0 Å². The van der Waals surface area contributed by atoms with Crippen LogP contribution in [0.4, 0.5) is 0 Å². The summed E-state index contributed by atoms with van der Waals surface area (Å²) in [6.07, 6.45) is 1.62. The zero-order valence-electron chi connectivity index (χ0n) is 16.0. The Kier molecular flexibility index (Phi) is 6.16. The Morgan fingerprint density at radius 3 is 2.52 bits per heavy atom. The van der Waals surface area contributed by atoms with Crippen molar-refractivity contribution >= 4 is 10.1 Å². The van der Waals surface area contributed by atoms with Crippen LogP contribution in [0.15, 0.2) is 64.9 Å². The number of benzene rings is 1. The molecule has 3 rings (SSSR count). The minimum absolute atomic E-state index is 0.0647. The number of rotatable bonds is 8. The van der Waals surface area contributed by atoms with E-state index in [1.807, 2.05) is 19.9 Å². The largest absolute Gasteiger partial charge is 0.378 e. The highest BCUT2D eigenvalue weighted by molar-refractivity contribution is 7.87. The van der Waals surface area contributed by atoms with E-state index in [1.54, 1.807) is 48.7 Å². The average Bonchev–Trinajstić information content (AvgIpc) is 3.07. The summed E-state index contributed by atoms with van der Waals surface area (Å²) in [4.78, 5) is 11.5. The summed E-state index contributed by atoms with van der Waals surface area (Å²) in [6.45, 7) is 3.73. The molecule has 0 aliphatic rings.